The summed E-state index contributed by atoms with van der Waals surface area (Å²) in [5, 5.41) is 6.43. The van der Waals surface area contributed by atoms with E-state index in [1.165, 1.54) is 6.07 Å². The summed E-state index contributed by atoms with van der Waals surface area (Å²) in [5.41, 5.74) is 1.05. The summed E-state index contributed by atoms with van der Waals surface area (Å²) in [6, 6.07) is 8.25. The normalized spacial score (nSPS) is 10.2. The molecule has 0 saturated carbocycles. The standard InChI is InChI=1S/C13H10BrCl2N3O/c1-17-12-5-7(4-11(16)19-12)13(20)18-8-2-3-10(15)9(14)6-8/h2-6H,1H3,(H,17,19)(H,18,20). The Balaban J connectivity index is 2.23. The molecule has 1 amide bonds. The molecule has 0 radical (unpaired) electrons. The van der Waals surface area contributed by atoms with Crippen LogP contribution in [0.25, 0.3) is 0 Å². The molecule has 0 fully saturated rings. The van der Waals surface area contributed by atoms with Gasteiger partial charge in [0, 0.05) is 22.8 Å². The average molecular weight is 375 g/mol. The number of benzene rings is 1. The molecule has 2 aromatic rings. The molecule has 20 heavy (non-hydrogen) atoms. The minimum atomic E-state index is -0.278. The molecule has 2 N–H and O–H groups in total. The lowest BCUT2D eigenvalue weighted by Crippen LogP contribution is -2.12. The van der Waals surface area contributed by atoms with Crippen LogP contribution < -0.4 is 10.6 Å². The number of hydrogen-bond donors (Lipinski definition) is 2. The highest BCUT2D eigenvalue weighted by molar-refractivity contribution is 9.10. The number of anilines is 2. The van der Waals surface area contributed by atoms with Crippen LogP contribution in [0.5, 0.6) is 0 Å². The second-order valence-corrected chi connectivity index (χ2v) is 5.55. The van der Waals surface area contributed by atoms with E-state index in [1.807, 2.05) is 0 Å². The van der Waals surface area contributed by atoms with Crippen molar-refractivity contribution in [1.82, 2.24) is 4.98 Å². The summed E-state index contributed by atoms with van der Waals surface area (Å²) >= 11 is 15.1. The number of carbonyl (C=O) groups excluding carboxylic acids is 1. The zero-order valence-corrected chi connectivity index (χ0v) is 13.5. The van der Waals surface area contributed by atoms with Crippen molar-refractivity contribution in [2.45, 2.75) is 0 Å². The van der Waals surface area contributed by atoms with Crippen LogP contribution in [0.2, 0.25) is 10.2 Å². The van der Waals surface area contributed by atoms with E-state index in [0.717, 1.165) is 0 Å². The van der Waals surface area contributed by atoms with Gasteiger partial charge in [-0.25, -0.2) is 4.98 Å². The van der Waals surface area contributed by atoms with E-state index in [1.54, 1.807) is 31.3 Å². The van der Waals surface area contributed by atoms with E-state index in [2.05, 4.69) is 31.5 Å². The lowest BCUT2D eigenvalue weighted by molar-refractivity contribution is 0.102. The molecular weight excluding hydrogens is 365 g/mol. The first-order valence-electron chi connectivity index (χ1n) is 5.61. The number of halogens is 3. The Labute approximate surface area is 134 Å². The van der Waals surface area contributed by atoms with Gasteiger partial charge in [-0.15, -0.1) is 0 Å². The molecule has 0 unspecified atom stereocenters. The number of amides is 1. The third-order valence-electron chi connectivity index (χ3n) is 2.49. The molecule has 1 aromatic heterocycles. The molecule has 7 heteroatoms. The van der Waals surface area contributed by atoms with Crippen molar-refractivity contribution in [2.24, 2.45) is 0 Å². The number of pyridine rings is 1. The predicted molar refractivity (Wildman–Crippen MR) is 85.9 cm³/mol. The third-order valence-corrected chi connectivity index (χ3v) is 3.90. The Kier molecular flexibility index (Phi) is 4.86. The predicted octanol–water partition coefficient (Wildman–Crippen LogP) is 4.44. The Bertz CT molecular complexity index is 664. The van der Waals surface area contributed by atoms with Crippen molar-refractivity contribution in [2.75, 3.05) is 17.7 Å². The van der Waals surface area contributed by atoms with Crippen molar-refractivity contribution in [3.63, 3.8) is 0 Å². The highest BCUT2D eigenvalue weighted by atomic mass is 79.9. The van der Waals surface area contributed by atoms with Crippen molar-refractivity contribution in [3.8, 4) is 0 Å². The fourth-order valence-corrected chi connectivity index (χ4v) is 2.24. The Morgan fingerprint density at radius 2 is 2.00 bits per heavy atom. The monoisotopic (exact) mass is 373 g/mol. The van der Waals surface area contributed by atoms with Crippen LogP contribution in [0, 0.1) is 0 Å². The van der Waals surface area contributed by atoms with Crippen molar-refractivity contribution >= 4 is 56.5 Å². The van der Waals surface area contributed by atoms with Crippen LogP contribution in [0.4, 0.5) is 11.5 Å². The van der Waals surface area contributed by atoms with Gasteiger partial charge in [0.25, 0.3) is 5.91 Å². The van der Waals surface area contributed by atoms with Crippen LogP contribution in [-0.2, 0) is 0 Å². The quantitative estimate of drug-likeness (QED) is 0.780. The molecule has 0 aliphatic carbocycles. The summed E-state index contributed by atoms with van der Waals surface area (Å²) < 4.78 is 0.709. The first-order chi connectivity index (χ1) is 9.49. The van der Waals surface area contributed by atoms with Crippen LogP contribution in [0.1, 0.15) is 10.4 Å². The summed E-state index contributed by atoms with van der Waals surface area (Å²) in [6.07, 6.45) is 0. The van der Waals surface area contributed by atoms with Crippen molar-refractivity contribution in [3.05, 3.63) is 50.5 Å². The number of hydrogen-bond acceptors (Lipinski definition) is 3. The van der Waals surface area contributed by atoms with Gasteiger partial charge in [-0.2, -0.15) is 0 Å². The summed E-state index contributed by atoms with van der Waals surface area (Å²) in [5.74, 6) is 0.250. The van der Waals surface area contributed by atoms with E-state index in [-0.39, 0.29) is 11.1 Å². The maximum absolute atomic E-state index is 12.2. The van der Waals surface area contributed by atoms with Crippen LogP contribution in [-0.4, -0.2) is 17.9 Å². The average Bonchev–Trinajstić information content (AvgIpc) is 2.42. The fraction of sp³-hybridized carbons (Fsp3) is 0.0769. The van der Waals surface area contributed by atoms with Gasteiger partial charge in [-0.05, 0) is 46.3 Å². The van der Waals surface area contributed by atoms with Gasteiger partial charge < -0.3 is 10.6 Å². The van der Waals surface area contributed by atoms with Gasteiger partial charge in [-0.1, -0.05) is 23.2 Å². The summed E-state index contributed by atoms with van der Waals surface area (Å²) in [7, 11) is 1.71. The van der Waals surface area contributed by atoms with Gasteiger partial charge >= 0.3 is 0 Å². The van der Waals surface area contributed by atoms with E-state index >= 15 is 0 Å². The van der Waals surface area contributed by atoms with Gasteiger partial charge in [0.2, 0.25) is 0 Å². The van der Waals surface area contributed by atoms with Gasteiger partial charge in [0.1, 0.15) is 11.0 Å². The Morgan fingerprint density at radius 3 is 2.65 bits per heavy atom. The maximum Gasteiger partial charge on any atom is 0.255 e. The highest BCUT2D eigenvalue weighted by Crippen LogP contribution is 2.26. The maximum atomic E-state index is 12.2. The molecular formula is C13H10BrCl2N3O. The number of aromatic nitrogens is 1. The van der Waals surface area contributed by atoms with E-state index < -0.39 is 0 Å². The zero-order valence-electron chi connectivity index (χ0n) is 10.4. The zero-order chi connectivity index (χ0) is 14.7. The summed E-state index contributed by atoms with van der Waals surface area (Å²) in [4.78, 5) is 16.2. The number of rotatable bonds is 3. The smallest absolute Gasteiger partial charge is 0.255 e. The second-order valence-electron chi connectivity index (χ2n) is 3.90. The van der Waals surface area contributed by atoms with Crippen molar-refractivity contribution in [1.29, 1.82) is 0 Å². The first kappa shape index (κ1) is 15.1. The molecule has 104 valence electrons. The highest BCUT2D eigenvalue weighted by Gasteiger charge is 2.10. The van der Waals surface area contributed by atoms with E-state index in [0.29, 0.717) is 26.6 Å². The lowest BCUT2D eigenvalue weighted by atomic mass is 10.2. The topological polar surface area (TPSA) is 54.0 Å². The lowest BCUT2D eigenvalue weighted by Gasteiger charge is -2.08. The van der Waals surface area contributed by atoms with Crippen LogP contribution in [0.3, 0.4) is 0 Å². The molecule has 1 heterocycles. The molecule has 2 rings (SSSR count). The molecule has 1 aromatic carbocycles. The first-order valence-corrected chi connectivity index (χ1v) is 7.16. The minimum Gasteiger partial charge on any atom is -0.373 e. The fourth-order valence-electron chi connectivity index (χ4n) is 1.53. The van der Waals surface area contributed by atoms with Crippen LogP contribution >= 0.6 is 39.1 Å². The van der Waals surface area contributed by atoms with E-state index in [9.17, 15) is 4.79 Å². The molecule has 0 aliphatic rings. The summed E-state index contributed by atoms with van der Waals surface area (Å²) in [6.45, 7) is 0. The number of nitrogens with one attached hydrogen (secondary N) is 2. The minimum absolute atomic E-state index is 0.249. The molecule has 0 bridgehead atoms. The molecule has 0 spiro atoms. The Morgan fingerprint density at radius 1 is 1.25 bits per heavy atom. The number of nitrogens with zero attached hydrogens (tertiary/aromatic N) is 1. The van der Waals surface area contributed by atoms with Crippen molar-refractivity contribution < 1.29 is 4.79 Å². The Hall–Kier alpha value is -1.30. The molecule has 0 saturated heterocycles. The number of carbonyl (C=O) groups is 1. The van der Waals surface area contributed by atoms with Crippen LogP contribution in [0.15, 0.2) is 34.8 Å². The largest absolute Gasteiger partial charge is 0.373 e. The molecule has 4 nitrogen and oxygen atoms in total. The molecule has 0 atom stereocenters. The van der Waals surface area contributed by atoms with Gasteiger partial charge in [-0.3, -0.25) is 4.79 Å². The van der Waals surface area contributed by atoms with Gasteiger partial charge in [0.15, 0.2) is 0 Å². The van der Waals surface area contributed by atoms with Gasteiger partial charge in [0.05, 0.1) is 5.02 Å². The second kappa shape index (κ2) is 6.43. The van der Waals surface area contributed by atoms with E-state index in [4.69, 9.17) is 23.2 Å². The third kappa shape index (κ3) is 3.62. The SMILES string of the molecule is CNc1cc(C(=O)Nc2ccc(Cl)c(Br)c2)cc(Cl)n1. The molecule has 0 aliphatic heterocycles.